The Hall–Kier alpha value is -4.01. The van der Waals surface area contributed by atoms with Crippen LogP contribution >= 0.6 is 11.3 Å². The van der Waals surface area contributed by atoms with Crippen molar-refractivity contribution in [3.05, 3.63) is 72.6 Å². The van der Waals surface area contributed by atoms with E-state index in [9.17, 15) is 0 Å². The first-order valence-electron chi connectivity index (χ1n) is 11.4. The molecule has 35 heavy (non-hydrogen) atoms. The lowest BCUT2D eigenvalue weighted by atomic mass is 10.0. The van der Waals surface area contributed by atoms with Crippen LogP contribution in [0.25, 0.3) is 54.8 Å². The van der Waals surface area contributed by atoms with Gasteiger partial charge in [-0.05, 0) is 55.4 Å². The van der Waals surface area contributed by atoms with Crippen LogP contribution in [0, 0.1) is 0 Å². The normalized spacial score (nSPS) is 11.6. The highest BCUT2D eigenvalue weighted by Gasteiger charge is 2.15. The monoisotopic (exact) mass is 480 g/mol. The number of nitrogens with one attached hydrogen (secondary N) is 2. The van der Waals surface area contributed by atoms with Crippen molar-refractivity contribution in [2.24, 2.45) is 0 Å². The summed E-state index contributed by atoms with van der Waals surface area (Å²) in [6.07, 6.45) is 7.41. The maximum Gasteiger partial charge on any atom is 0.138 e. The smallest absolute Gasteiger partial charge is 0.138 e. The summed E-state index contributed by atoms with van der Waals surface area (Å²) in [7, 11) is 4.06. The predicted molar refractivity (Wildman–Crippen MR) is 142 cm³/mol. The van der Waals surface area contributed by atoms with Crippen LogP contribution in [0.3, 0.4) is 0 Å². The Morgan fingerprint density at radius 2 is 1.83 bits per heavy atom. The molecule has 6 rings (SSSR count). The van der Waals surface area contributed by atoms with Gasteiger partial charge in [0.05, 0.1) is 29.1 Å². The second-order valence-electron chi connectivity index (χ2n) is 8.70. The zero-order valence-electron chi connectivity index (χ0n) is 19.4. The fraction of sp³-hybridized carbons (Fsp3) is 0.148. The molecule has 0 radical (unpaired) electrons. The highest BCUT2D eigenvalue weighted by molar-refractivity contribution is 7.13. The van der Waals surface area contributed by atoms with Crippen molar-refractivity contribution in [3.8, 4) is 38.7 Å². The molecule has 2 N–H and O–H groups in total. The Bertz CT molecular complexity index is 1620. The molecule has 0 spiro atoms. The molecule has 5 aromatic heterocycles. The SMILES string of the molecule is CN(C)CCOc1cncc(-c2ccc3[nH]nc(-c4cc5c(-c6cccs6)cncc5[nH]4)c3c2)c1. The number of nitrogens with zero attached hydrogens (tertiary/aromatic N) is 4. The van der Waals surface area contributed by atoms with Crippen molar-refractivity contribution in [1.82, 2.24) is 30.0 Å². The fourth-order valence-corrected chi connectivity index (χ4v) is 4.96. The molecule has 0 saturated carbocycles. The largest absolute Gasteiger partial charge is 0.491 e. The first kappa shape index (κ1) is 21.5. The highest BCUT2D eigenvalue weighted by atomic mass is 32.1. The average molecular weight is 481 g/mol. The summed E-state index contributed by atoms with van der Waals surface area (Å²) >= 11 is 1.71. The minimum atomic E-state index is 0.617. The first-order valence-corrected chi connectivity index (χ1v) is 12.3. The van der Waals surface area contributed by atoms with Crippen molar-refractivity contribution in [3.63, 3.8) is 0 Å². The minimum Gasteiger partial charge on any atom is -0.491 e. The van der Waals surface area contributed by atoms with E-state index in [1.54, 1.807) is 17.5 Å². The highest BCUT2D eigenvalue weighted by Crippen LogP contribution is 2.36. The second kappa shape index (κ2) is 8.98. The number of H-pyrrole nitrogens is 2. The molecule has 0 aliphatic heterocycles. The molecule has 174 valence electrons. The van der Waals surface area contributed by atoms with Gasteiger partial charge in [-0.15, -0.1) is 11.3 Å². The summed E-state index contributed by atoms with van der Waals surface area (Å²) in [6.45, 7) is 1.47. The van der Waals surface area contributed by atoms with Gasteiger partial charge < -0.3 is 14.6 Å². The molecule has 0 aliphatic rings. The van der Waals surface area contributed by atoms with Gasteiger partial charge in [0.1, 0.15) is 18.1 Å². The maximum absolute atomic E-state index is 5.89. The molecule has 5 heterocycles. The lowest BCUT2D eigenvalue weighted by Gasteiger charge is -2.11. The molecular weight excluding hydrogens is 456 g/mol. The van der Waals surface area contributed by atoms with E-state index in [-0.39, 0.29) is 0 Å². The third kappa shape index (κ3) is 4.18. The van der Waals surface area contributed by atoms with Gasteiger partial charge in [0.25, 0.3) is 0 Å². The maximum atomic E-state index is 5.89. The fourth-order valence-electron chi connectivity index (χ4n) is 4.21. The number of pyridine rings is 2. The number of thiophene rings is 1. The summed E-state index contributed by atoms with van der Waals surface area (Å²) in [5.41, 5.74) is 6.98. The zero-order chi connectivity index (χ0) is 23.8. The Balaban J connectivity index is 1.38. The van der Waals surface area contributed by atoms with Crippen molar-refractivity contribution in [2.75, 3.05) is 27.2 Å². The van der Waals surface area contributed by atoms with E-state index in [0.717, 1.165) is 62.2 Å². The molecule has 7 nitrogen and oxygen atoms in total. The number of rotatable bonds is 7. The first-order chi connectivity index (χ1) is 17.2. The van der Waals surface area contributed by atoms with E-state index < -0.39 is 0 Å². The number of fused-ring (bicyclic) bond motifs is 2. The van der Waals surface area contributed by atoms with Crippen LogP contribution in [0.5, 0.6) is 5.75 Å². The topological polar surface area (TPSA) is 82.7 Å². The molecular formula is C27H24N6OS. The van der Waals surface area contributed by atoms with Gasteiger partial charge in [0.15, 0.2) is 0 Å². The zero-order valence-corrected chi connectivity index (χ0v) is 20.3. The number of benzene rings is 1. The van der Waals surface area contributed by atoms with E-state index in [0.29, 0.717) is 6.61 Å². The van der Waals surface area contributed by atoms with Crippen molar-refractivity contribution < 1.29 is 4.74 Å². The van der Waals surface area contributed by atoms with E-state index in [1.165, 1.54) is 4.88 Å². The molecule has 0 atom stereocenters. The van der Waals surface area contributed by atoms with Crippen molar-refractivity contribution in [2.45, 2.75) is 0 Å². The molecule has 0 aliphatic carbocycles. The number of hydrogen-bond donors (Lipinski definition) is 2. The quantitative estimate of drug-likeness (QED) is 0.300. The van der Waals surface area contributed by atoms with Crippen LogP contribution in [-0.2, 0) is 0 Å². The van der Waals surface area contributed by atoms with E-state index >= 15 is 0 Å². The van der Waals surface area contributed by atoms with Crippen LogP contribution in [0.4, 0.5) is 0 Å². The van der Waals surface area contributed by atoms with Gasteiger partial charge in [0, 0.05) is 45.7 Å². The third-order valence-corrected chi connectivity index (χ3v) is 6.91. The molecule has 0 saturated heterocycles. The molecule has 1 aromatic carbocycles. The van der Waals surface area contributed by atoms with Gasteiger partial charge in [-0.1, -0.05) is 12.1 Å². The number of aromatic nitrogens is 5. The lowest BCUT2D eigenvalue weighted by molar-refractivity contribution is 0.261. The Morgan fingerprint density at radius 1 is 0.914 bits per heavy atom. The van der Waals surface area contributed by atoms with Crippen molar-refractivity contribution in [1.29, 1.82) is 0 Å². The van der Waals surface area contributed by atoms with Gasteiger partial charge in [-0.3, -0.25) is 15.1 Å². The molecule has 0 bridgehead atoms. The van der Waals surface area contributed by atoms with Crippen LogP contribution in [-0.4, -0.2) is 57.3 Å². The predicted octanol–water partition coefficient (Wildman–Crippen LogP) is 5.84. The van der Waals surface area contributed by atoms with E-state index in [4.69, 9.17) is 4.74 Å². The Kier molecular flexibility index (Phi) is 5.52. The number of likely N-dealkylation sites (N-methyl/N-ethyl adjacent to an activating group) is 1. The Labute approximate surface area is 206 Å². The van der Waals surface area contributed by atoms with Crippen LogP contribution < -0.4 is 4.74 Å². The molecule has 6 aromatic rings. The third-order valence-electron chi connectivity index (χ3n) is 6.00. The molecule has 0 fully saturated rings. The number of aromatic amines is 2. The summed E-state index contributed by atoms with van der Waals surface area (Å²) in [5, 5.41) is 12.1. The standard InChI is InChI=1S/C27H24N6OS/c1-33(2)7-8-34-19-10-18(13-28-14-19)17-5-6-23-21(11-17)27(32-31-23)24-12-20-22(26-4-3-9-35-26)15-29-16-25(20)30-24/h3-6,9-16,30H,7-8H2,1-2H3,(H,31,32). The van der Waals surface area contributed by atoms with Gasteiger partial charge in [-0.25, -0.2) is 0 Å². The summed E-state index contributed by atoms with van der Waals surface area (Å²) in [5.74, 6) is 0.765. The molecule has 8 heteroatoms. The summed E-state index contributed by atoms with van der Waals surface area (Å²) in [4.78, 5) is 15.6. The lowest BCUT2D eigenvalue weighted by Crippen LogP contribution is -2.19. The van der Waals surface area contributed by atoms with Crippen LogP contribution in [0.1, 0.15) is 0 Å². The Morgan fingerprint density at radius 3 is 2.69 bits per heavy atom. The van der Waals surface area contributed by atoms with Crippen LogP contribution in [0.15, 0.2) is 72.6 Å². The summed E-state index contributed by atoms with van der Waals surface area (Å²) in [6, 6.07) is 14.7. The number of hydrogen-bond acceptors (Lipinski definition) is 6. The van der Waals surface area contributed by atoms with E-state index in [2.05, 4.69) is 71.8 Å². The van der Waals surface area contributed by atoms with Gasteiger partial charge in [-0.2, -0.15) is 5.10 Å². The molecule has 0 unspecified atom stereocenters. The summed E-state index contributed by atoms with van der Waals surface area (Å²) < 4.78 is 5.89. The van der Waals surface area contributed by atoms with Crippen LogP contribution in [0.2, 0.25) is 0 Å². The van der Waals surface area contributed by atoms with Gasteiger partial charge in [0.2, 0.25) is 0 Å². The minimum absolute atomic E-state index is 0.617. The second-order valence-corrected chi connectivity index (χ2v) is 9.65. The van der Waals surface area contributed by atoms with E-state index in [1.807, 2.05) is 38.8 Å². The van der Waals surface area contributed by atoms with Crippen molar-refractivity contribution >= 4 is 33.1 Å². The van der Waals surface area contributed by atoms with Gasteiger partial charge >= 0.3 is 0 Å². The molecule has 0 amide bonds. The average Bonchev–Trinajstić information content (AvgIpc) is 3.62. The number of ether oxygens (including phenoxy) is 1.